The van der Waals surface area contributed by atoms with Gasteiger partial charge in [0.1, 0.15) is 5.75 Å². The van der Waals surface area contributed by atoms with E-state index in [1.807, 2.05) is 61.5 Å². The number of benzene rings is 2. The monoisotopic (exact) mass is 376 g/mol. The van der Waals surface area contributed by atoms with Crippen LogP contribution in [0.2, 0.25) is 0 Å². The summed E-state index contributed by atoms with van der Waals surface area (Å²) in [4.78, 5) is 16.3. The molecular weight excluding hydrogens is 356 g/mol. The fraction of sp³-hybridized carbons (Fsp3) is 0.278. The van der Waals surface area contributed by atoms with E-state index in [0.717, 1.165) is 21.5 Å². The van der Waals surface area contributed by atoms with Crippen LogP contribution in [0.4, 0.5) is 5.69 Å². The van der Waals surface area contributed by atoms with Crippen molar-refractivity contribution in [3.05, 3.63) is 58.1 Å². The average Bonchev–Trinajstić information content (AvgIpc) is 2.54. The van der Waals surface area contributed by atoms with Gasteiger partial charge in [-0.2, -0.15) is 0 Å². The third-order valence-electron chi connectivity index (χ3n) is 3.61. The third kappa shape index (κ3) is 4.26. The van der Waals surface area contributed by atoms with Crippen LogP contribution < -0.4 is 9.64 Å². The molecule has 2 aromatic carbocycles. The van der Waals surface area contributed by atoms with Crippen molar-refractivity contribution < 1.29 is 9.53 Å². The quantitative estimate of drug-likeness (QED) is 0.795. The van der Waals surface area contributed by atoms with Gasteiger partial charge in [-0.3, -0.25) is 4.79 Å². The number of rotatable bonds is 5. The van der Waals surface area contributed by atoms with Crippen LogP contribution in [0.3, 0.4) is 0 Å². The van der Waals surface area contributed by atoms with Crippen LogP contribution in [-0.2, 0) is 6.54 Å². The standard InChI is InChI=1S/C18H21BrN2O2/c1-20(2)16-7-5-6-13(11-16)18(22)21(3)12-14-10-15(19)8-9-17(14)23-4/h5-11H,12H2,1-4H3. The Kier molecular flexibility index (Phi) is 5.66. The molecule has 1 amide bonds. The van der Waals surface area contributed by atoms with E-state index < -0.39 is 0 Å². The Bertz CT molecular complexity index is 701. The van der Waals surface area contributed by atoms with Crippen LogP contribution >= 0.6 is 15.9 Å². The highest BCUT2D eigenvalue weighted by atomic mass is 79.9. The van der Waals surface area contributed by atoms with Crippen molar-refractivity contribution in [3.8, 4) is 5.75 Å². The second kappa shape index (κ2) is 7.51. The van der Waals surface area contributed by atoms with E-state index in [-0.39, 0.29) is 5.91 Å². The van der Waals surface area contributed by atoms with Crippen LogP contribution in [0.25, 0.3) is 0 Å². The van der Waals surface area contributed by atoms with E-state index in [1.54, 1.807) is 19.1 Å². The highest BCUT2D eigenvalue weighted by Crippen LogP contribution is 2.24. The number of hydrogen-bond donors (Lipinski definition) is 0. The Hall–Kier alpha value is -2.01. The molecule has 0 saturated heterocycles. The first kappa shape index (κ1) is 17.3. The van der Waals surface area contributed by atoms with Gasteiger partial charge in [0.2, 0.25) is 0 Å². The Labute approximate surface area is 145 Å². The molecule has 5 heteroatoms. The lowest BCUT2D eigenvalue weighted by atomic mass is 10.1. The highest BCUT2D eigenvalue weighted by molar-refractivity contribution is 9.10. The predicted octanol–water partition coefficient (Wildman–Crippen LogP) is 3.80. The molecule has 0 fully saturated rings. The molecular formula is C18H21BrN2O2. The van der Waals surface area contributed by atoms with Gasteiger partial charge in [-0.05, 0) is 36.4 Å². The molecule has 0 heterocycles. The first-order valence-electron chi connectivity index (χ1n) is 7.27. The Morgan fingerprint density at radius 1 is 1.13 bits per heavy atom. The summed E-state index contributed by atoms with van der Waals surface area (Å²) in [5, 5.41) is 0. The number of hydrogen-bond acceptors (Lipinski definition) is 3. The molecule has 0 aromatic heterocycles. The van der Waals surface area contributed by atoms with Gasteiger partial charge < -0.3 is 14.5 Å². The normalized spacial score (nSPS) is 10.3. The van der Waals surface area contributed by atoms with E-state index >= 15 is 0 Å². The molecule has 0 N–H and O–H groups in total. The molecule has 0 bridgehead atoms. The number of carbonyl (C=O) groups is 1. The van der Waals surface area contributed by atoms with Gasteiger partial charge in [-0.1, -0.05) is 22.0 Å². The van der Waals surface area contributed by atoms with Crippen LogP contribution in [0.5, 0.6) is 5.75 Å². The van der Waals surface area contributed by atoms with E-state index in [9.17, 15) is 4.79 Å². The van der Waals surface area contributed by atoms with Gasteiger partial charge in [-0.15, -0.1) is 0 Å². The van der Waals surface area contributed by atoms with Crippen molar-refractivity contribution in [1.29, 1.82) is 0 Å². The third-order valence-corrected chi connectivity index (χ3v) is 4.10. The molecule has 2 rings (SSSR count). The minimum atomic E-state index is -0.0178. The fourth-order valence-electron chi connectivity index (χ4n) is 2.34. The molecule has 0 aliphatic heterocycles. The van der Waals surface area contributed by atoms with Crippen molar-refractivity contribution in [2.75, 3.05) is 33.2 Å². The fourth-order valence-corrected chi connectivity index (χ4v) is 2.74. The number of ether oxygens (including phenoxy) is 1. The first-order valence-corrected chi connectivity index (χ1v) is 8.07. The van der Waals surface area contributed by atoms with E-state index in [0.29, 0.717) is 12.1 Å². The van der Waals surface area contributed by atoms with Crippen molar-refractivity contribution in [1.82, 2.24) is 4.90 Å². The largest absolute Gasteiger partial charge is 0.496 e. The maximum atomic E-state index is 12.7. The number of amides is 1. The summed E-state index contributed by atoms with van der Waals surface area (Å²) in [6, 6.07) is 13.4. The maximum absolute atomic E-state index is 12.7. The number of anilines is 1. The van der Waals surface area contributed by atoms with Crippen LogP contribution in [0.1, 0.15) is 15.9 Å². The predicted molar refractivity (Wildman–Crippen MR) is 97.3 cm³/mol. The molecule has 0 aliphatic rings. The van der Waals surface area contributed by atoms with Crippen LogP contribution in [0.15, 0.2) is 46.9 Å². The minimum absolute atomic E-state index is 0.0178. The Morgan fingerprint density at radius 3 is 2.52 bits per heavy atom. The zero-order valence-electron chi connectivity index (χ0n) is 13.8. The SMILES string of the molecule is COc1ccc(Br)cc1CN(C)C(=O)c1cccc(N(C)C)c1. The summed E-state index contributed by atoms with van der Waals surface area (Å²) in [5.74, 6) is 0.755. The van der Waals surface area contributed by atoms with E-state index in [2.05, 4.69) is 15.9 Å². The van der Waals surface area contributed by atoms with Gasteiger partial charge >= 0.3 is 0 Å². The van der Waals surface area contributed by atoms with Gasteiger partial charge in [0, 0.05) is 49.0 Å². The molecule has 122 valence electrons. The zero-order chi connectivity index (χ0) is 17.0. The Balaban J connectivity index is 2.20. The van der Waals surface area contributed by atoms with Crippen molar-refractivity contribution in [2.24, 2.45) is 0 Å². The van der Waals surface area contributed by atoms with Gasteiger partial charge in [0.25, 0.3) is 5.91 Å². The smallest absolute Gasteiger partial charge is 0.253 e. The molecule has 4 nitrogen and oxygen atoms in total. The van der Waals surface area contributed by atoms with Crippen molar-refractivity contribution in [2.45, 2.75) is 6.54 Å². The number of halogens is 1. The summed E-state index contributed by atoms with van der Waals surface area (Å²) >= 11 is 3.46. The minimum Gasteiger partial charge on any atom is -0.496 e. The summed E-state index contributed by atoms with van der Waals surface area (Å²) in [6.07, 6.45) is 0. The van der Waals surface area contributed by atoms with Crippen molar-refractivity contribution >= 4 is 27.5 Å². The van der Waals surface area contributed by atoms with E-state index in [1.165, 1.54) is 0 Å². The van der Waals surface area contributed by atoms with Gasteiger partial charge in [-0.25, -0.2) is 0 Å². The number of nitrogens with zero attached hydrogens (tertiary/aromatic N) is 2. The van der Waals surface area contributed by atoms with Gasteiger partial charge in [0.15, 0.2) is 0 Å². The molecule has 0 radical (unpaired) electrons. The number of methoxy groups -OCH3 is 1. The second-order valence-electron chi connectivity index (χ2n) is 5.56. The summed E-state index contributed by atoms with van der Waals surface area (Å²) in [5.41, 5.74) is 2.64. The zero-order valence-corrected chi connectivity index (χ0v) is 15.4. The molecule has 0 aliphatic carbocycles. The summed E-state index contributed by atoms with van der Waals surface area (Å²) in [7, 11) is 7.35. The highest BCUT2D eigenvalue weighted by Gasteiger charge is 2.15. The Morgan fingerprint density at radius 2 is 1.87 bits per heavy atom. The first-order chi connectivity index (χ1) is 10.9. The van der Waals surface area contributed by atoms with Gasteiger partial charge in [0.05, 0.1) is 7.11 Å². The molecule has 0 unspecified atom stereocenters. The lowest BCUT2D eigenvalue weighted by molar-refractivity contribution is 0.0784. The summed E-state index contributed by atoms with van der Waals surface area (Å²) in [6.45, 7) is 0.480. The summed E-state index contributed by atoms with van der Waals surface area (Å²) < 4.78 is 6.33. The lowest BCUT2D eigenvalue weighted by Crippen LogP contribution is -2.26. The number of carbonyl (C=O) groups excluding carboxylic acids is 1. The van der Waals surface area contributed by atoms with Crippen molar-refractivity contribution in [3.63, 3.8) is 0 Å². The maximum Gasteiger partial charge on any atom is 0.253 e. The molecule has 0 saturated carbocycles. The average molecular weight is 377 g/mol. The second-order valence-corrected chi connectivity index (χ2v) is 6.48. The molecule has 23 heavy (non-hydrogen) atoms. The van der Waals surface area contributed by atoms with E-state index in [4.69, 9.17) is 4.74 Å². The molecule has 0 atom stereocenters. The topological polar surface area (TPSA) is 32.8 Å². The lowest BCUT2D eigenvalue weighted by Gasteiger charge is -2.20. The molecule has 0 spiro atoms. The van der Waals surface area contributed by atoms with Crippen LogP contribution in [0, 0.1) is 0 Å². The molecule has 2 aromatic rings. The van der Waals surface area contributed by atoms with Crippen LogP contribution in [-0.4, -0.2) is 39.1 Å².